The van der Waals surface area contributed by atoms with Crippen molar-refractivity contribution in [1.82, 2.24) is 25.2 Å². The lowest BCUT2D eigenvalue weighted by Crippen LogP contribution is -2.46. The Bertz CT molecular complexity index is 889. The number of alkyl carbamates (subject to hydrolysis) is 1. The van der Waals surface area contributed by atoms with Crippen molar-refractivity contribution < 1.29 is 9.53 Å². The quantitative estimate of drug-likeness (QED) is 0.836. The summed E-state index contributed by atoms with van der Waals surface area (Å²) < 4.78 is 5.30. The summed E-state index contributed by atoms with van der Waals surface area (Å²) in [6.45, 7) is 9.39. The molecule has 0 fully saturated rings. The number of ether oxygens (including phenoxy) is 1. The second-order valence-electron chi connectivity index (χ2n) is 8.11. The van der Waals surface area contributed by atoms with Gasteiger partial charge in [0.25, 0.3) is 5.56 Å². The molecule has 0 aromatic carbocycles. The normalized spacial score (nSPS) is 15.6. The van der Waals surface area contributed by atoms with Gasteiger partial charge in [0.05, 0.1) is 5.69 Å². The Balaban J connectivity index is 1.67. The van der Waals surface area contributed by atoms with Gasteiger partial charge in [0.2, 0.25) is 0 Å². The molecule has 1 unspecified atom stereocenters. The fourth-order valence-electron chi connectivity index (χ4n) is 3.23. The largest absolute Gasteiger partial charge is 0.444 e. The van der Waals surface area contributed by atoms with E-state index in [9.17, 15) is 9.59 Å². The fraction of sp³-hybridized carbons (Fsp3) is 0.500. The van der Waals surface area contributed by atoms with Gasteiger partial charge in [-0.3, -0.25) is 14.7 Å². The number of hydrogen-bond acceptors (Lipinski definition) is 6. The highest BCUT2D eigenvalue weighted by molar-refractivity contribution is 5.68. The Morgan fingerprint density at radius 2 is 2.21 bits per heavy atom. The molecule has 2 N–H and O–H groups in total. The second kappa shape index (κ2) is 8.10. The van der Waals surface area contributed by atoms with E-state index >= 15 is 0 Å². The third-order valence-electron chi connectivity index (χ3n) is 4.38. The molecule has 2 aromatic rings. The molecule has 28 heavy (non-hydrogen) atoms. The van der Waals surface area contributed by atoms with E-state index in [2.05, 4.69) is 25.2 Å². The van der Waals surface area contributed by atoms with Crippen LogP contribution in [0.15, 0.2) is 29.3 Å². The van der Waals surface area contributed by atoms with Gasteiger partial charge in [0, 0.05) is 49.2 Å². The summed E-state index contributed by atoms with van der Waals surface area (Å²) in [6, 6.07) is 3.59. The van der Waals surface area contributed by atoms with Gasteiger partial charge in [-0.25, -0.2) is 9.78 Å². The van der Waals surface area contributed by atoms with E-state index in [1.54, 1.807) is 12.4 Å². The van der Waals surface area contributed by atoms with E-state index in [0.29, 0.717) is 25.3 Å². The first-order chi connectivity index (χ1) is 13.2. The maximum atomic E-state index is 12.5. The molecule has 8 nitrogen and oxygen atoms in total. The molecule has 0 aliphatic carbocycles. The maximum Gasteiger partial charge on any atom is 0.407 e. The lowest BCUT2D eigenvalue weighted by Gasteiger charge is -2.30. The summed E-state index contributed by atoms with van der Waals surface area (Å²) in [5.74, 6) is 0.527. The number of carbonyl (C=O) groups excluding carboxylic acids is 1. The lowest BCUT2D eigenvalue weighted by atomic mass is 10.1. The molecule has 0 spiro atoms. The number of nitrogens with one attached hydrogen (secondary N) is 2. The van der Waals surface area contributed by atoms with Crippen LogP contribution < -0.4 is 10.9 Å². The first kappa shape index (κ1) is 20.0. The van der Waals surface area contributed by atoms with Crippen LogP contribution in [0.3, 0.4) is 0 Å². The molecule has 3 heterocycles. The monoisotopic (exact) mass is 385 g/mol. The van der Waals surface area contributed by atoms with E-state index in [-0.39, 0.29) is 11.6 Å². The Morgan fingerprint density at radius 1 is 1.43 bits per heavy atom. The molecule has 150 valence electrons. The Morgan fingerprint density at radius 3 is 2.89 bits per heavy atom. The Kier molecular flexibility index (Phi) is 5.79. The molecule has 1 amide bonds. The van der Waals surface area contributed by atoms with Crippen LogP contribution in [0, 0.1) is 0 Å². The first-order valence-electron chi connectivity index (χ1n) is 9.45. The number of rotatable bonds is 4. The standard InChI is InChI=1S/C20H27N5O3/c1-13(22-19(27)28-20(2,3)4)11-25-9-7-15-16(12-25)23-17(24-18(15)26)14-6-5-8-21-10-14/h5-6,8,10,13H,7,9,11-12H2,1-4H3,(H,22,27)(H,23,24,26). The van der Waals surface area contributed by atoms with Crippen LogP contribution in [-0.4, -0.2) is 50.7 Å². The molecule has 1 aliphatic rings. The average Bonchev–Trinajstić information content (AvgIpc) is 2.60. The lowest BCUT2D eigenvalue weighted by molar-refractivity contribution is 0.0495. The molecule has 0 saturated heterocycles. The van der Waals surface area contributed by atoms with Crippen molar-refractivity contribution in [2.24, 2.45) is 0 Å². The van der Waals surface area contributed by atoms with Crippen molar-refractivity contribution in [2.45, 2.75) is 52.3 Å². The van der Waals surface area contributed by atoms with Gasteiger partial charge >= 0.3 is 6.09 Å². The zero-order chi connectivity index (χ0) is 20.3. The van der Waals surface area contributed by atoms with Gasteiger partial charge in [0.15, 0.2) is 0 Å². The van der Waals surface area contributed by atoms with Gasteiger partial charge in [-0.15, -0.1) is 0 Å². The van der Waals surface area contributed by atoms with Gasteiger partial charge in [-0.2, -0.15) is 0 Å². The molecule has 0 saturated carbocycles. The second-order valence-corrected chi connectivity index (χ2v) is 8.11. The van der Waals surface area contributed by atoms with Crippen LogP contribution in [0.5, 0.6) is 0 Å². The predicted molar refractivity (Wildman–Crippen MR) is 106 cm³/mol. The van der Waals surface area contributed by atoms with Crippen LogP contribution >= 0.6 is 0 Å². The van der Waals surface area contributed by atoms with E-state index in [4.69, 9.17) is 4.74 Å². The highest BCUT2D eigenvalue weighted by atomic mass is 16.6. The maximum absolute atomic E-state index is 12.5. The van der Waals surface area contributed by atoms with Crippen LogP contribution in [0.4, 0.5) is 4.79 Å². The topological polar surface area (TPSA) is 100 Å². The molecule has 0 radical (unpaired) electrons. The number of nitrogens with zero attached hydrogens (tertiary/aromatic N) is 3. The van der Waals surface area contributed by atoms with Crippen molar-refractivity contribution in [3.05, 3.63) is 46.1 Å². The number of pyridine rings is 1. The molecule has 1 atom stereocenters. The smallest absolute Gasteiger partial charge is 0.407 e. The third kappa shape index (κ3) is 5.16. The van der Waals surface area contributed by atoms with Crippen molar-refractivity contribution >= 4 is 6.09 Å². The number of aromatic amines is 1. The van der Waals surface area contributed by atoms with Crippen molar-refractivity contribution in [3.8, 4) is 11.4 Å². The average molecular weight is 385 g/mol. The Labute approximate surface area is 164 Å². The molecule has 1 aliphatic heterocycles. The summed E-state index contributed by atoms with van der Waals surface area (Å²) in [5, 5.41) is 2.86. The van der Waals surface area contributed by atoms with E-state index in [1.165, 1.54) is 0 Å². The highest BCUT2D eigenvalue weighted by Gasteiger charge is 2.24. The van der Waals surface area contributed by atoms with Gasteiger partial charge in [-0.05, 0) is 46.2 Å². The predicted octanol–water partition coefficient (Wildman–Crippen LogP) is 2.10. The summed E-state index contributed by atoms with van der Waals surface area (Å²) in [5.41, 5.74) is 1.67. The van der Waals surface area contributed by atoms with Crippen LogP contribution in [0.2, 0.25) is 0 Å². The van der Waals surface area contributed by atoms with E-state index < -0.39 is 11.7 Å². The Hall–Kier alpha value is -2.74. The van der Waals surface area contributed by atoms with Gasteiger partial charge in [-0.1, -0.05) is 0 Å². The molecular formula is C20H27N5O3. The third-order valence-corrected chi connectivity index (χ3v) is 4.38. The number of amides is 1. The number of H-pyrrole nitrogens is 1. The van der Waals surface area contributed by atoms with Gasteiger partial charge < -0.3 is 15.0 Å². The SMILES string of the molecule is CC(CN1CCc2c(nc(-c3cccnc3)[nH]c2=O)C1)NC(=O)OC(C)(C)C. The summed E-state index contributed by atoms with van der Waals surface area (Å²) in [6.07, 6.45) is 3.56. The van der Waals surface area contributed by atoms with Crippen molar-refractivity contribution in [1.29, 1.82) is 0 Å². The first-order valence-corrected chi connectivity index (χ1v) is 9.45. The van der Waals surface area contributed by atoms with Gasteiger partial charge in [0.1, 0.15) is 11.4 Å². The van der Waals surface area contributed by atoms with Crippen molar-refractivity contribution in [3.63, 3.8) is 0 Å². The van der Waals surface area contributed by atoms with Crippen LogP contribution in [0.1, 0.15) is 39.0 Å². The zero-order valence-electron chi connectivity index (χ0n) is 16.8. The number of carbonyl (C=O) groups is 1. The molecule has 2 aromatic heterocycles. The van der Waals surface area contributed by atoms with E-state index in [0.717, 1.165) is 23.4 Å². The van der Waals surface area contributed by atoms with Crippen LogP contribution in [-0.2, 0) is 17.7 Å². The minimum Gasteiger partial charge on any atom is -0.444 e. The molecule has 3 rings (SSSR count). The molecule has 8 heteroatoms. The minimum absolute atomic E-state index is 0.0869. The zero-order valence-corrected chi connectivity index (χ0v) is 16.8. The number of hydrogen-bond donors (Lipinski definition) is 2. The van der Waals surface area contributed by atoms with E-state index in [1.807, 2.05) is 39.8 Å². The number of fused-ring (bicyclic) bond motifs is 1. The molecule has 0 bridgehead atoms. The number of aromatic nitrogens is 3. The summed E-state index contributed by atoms with van der Waals surface area (Å²) in [7, 11) is 0. The minimum atomic E-state index is -0.526. The summed E-state index contributed by atoms with van der Waals surface area (Å²) in [4.78, 5) is 38.2. The van der Waals surface area contributed by atoms with Crippen molar-refractivity contribution in [2.75, 3.05) is 13.1 Å². The summed E-state index contributed by atoms with van der Waals surface area (Å²) >= 11 is 0. The van der Waals surface area contributed by atoms with Crippen LogP contribution in [0.25, 0.3) is 11.4 Å². The highest BCUT2D eigenvalue weighted by Crippen LogP contribution is 2.18. The molecular weight excluding hydrogens is 358 g/mol. The fourth-order valence-corrected chi connectivity index (χ4v) is 3.23.